The van der Waals surface area contributed by atoms with Crippen molar-refractivity contribution in [1.29, 1.82) is 0 Å². The molecule has 0 fully saturated rings. The van der Waals surface area contributed by atoms with E-state index in [1.165, 1.54) is 6.08 Å². The van der Waals surface area contributed by atoms with Crippen LogP contribution in [0.4, 0.5) is 5.69 Å². The van der Waals surface area contributed by atoms with Crippen molar-refractivity contribution in [2.24, 2.45) is 16.5 Å². The van der Waals surface area contributed by atoms with Crippen molar-refractivity contribution in [2.75, 3.05) is 6.26 Å². The standard InChI is InChI=1S/C10H11N3O2.CH4O3S/c11-10(12)13-8-4-1-7(2-5-8)3-6-9(14)15;1-5(2,3)4/h1-6H,(H,14,15)(H4,11,12,13);1H3,(H,2,3,4)/b6-3+;. The maximum Gasteiger partial charge on any atom is 0.328 e. The molecule has 1 aromatic carbocycles. The number of aliphatic carboxylic acids is 1. The average molecular weight is 301 g/mol. The van der Waals surface area contributed by atoms with Gasteiger partial charge in [0, 0.05) is 6.08 Å². The van der Waals surface area contributed by atoms with E-state index in [9.17, 15) is 13.2 Å². The molecular formula is C11H15N3O5S. The van der Waals surface area contributed by atoms with Crippen LogP contribution >= 0.6 is 0 Å². The number of carbonyl (C=O) groups is 1. The Morgan fingerprint density at radius 3 is 2.05 bits per heavy atom. The van der Waals surface area contributed by atoms with E-state index in [2.05, 4.69) is 4.99 Å². The van der Waals surface area contributed by atoms with Crippen molar-refractivity contribution in [3.63, 3.8) is 0 Å². The molecule has 6 N–H and O–H groups in total. The van der Waals surface area contributed by atoms with Crippen molar-refractivity contribution in [3.8, 4) is 0 Å². The fourth-order valence-electron chi connectivity index (χ4n) is 0.977. The first-order valence-corrected chi connectivity index (χ1v) is 6.96. The van der Waals surface area contributed by atoms with Crippen LogP contribution in [0.5, 0.6) is 0 Å². The van der Waals surface area contributed by atoms with E-state index in [1.54, 1.807) is 24.3 Å². The minimum atomic E-state index is -3.67. The molecule has 20 heavy (non-hydrogen) atoms. The monoisotopic (exact) mass is 301 g/mol. The fraction of sp³-hybridized carbons (Fsp3) is 0.0909. The lowest BCUT2D eigenvalue weighted by Crippen LogP contribution is -2.21. The number of hydrogen-bond acceptors (Lipinski definition) is 4. The summed E-state index contributed by atoms with van der Waals surface area (Å²) in [6.07, 6.45) is 3.27. The van der Waals surface area contributed by atoms with Crippen LogP contribution in [0.2, 0.25) is 0 Å². The number of carboxylic acid groups (broad SMARTS) is 1. The first-order valence-electron chi connectivity index (χ1n) is 5.11. The lowest BCUT2D eigenvalue weighted by molar-refractivity contribution is -0.131. The predicted molar refractivity (Wildman–Crippen MR) is 76.1 cm³/mol. The molecule has 1 rings (SSSR count). The highest BCUT2D eigenvalue weighted by molar-refractivity contribution is 7.85. The second-order valence-corrected chi connectivity index (χ2v) is 5.00. The molecule has 0 unspecified atom stereocenters. The van der Waals surface area contributed by atoms with E-state index in [0.29, 0.717) is 11.9 Å². The highest BCUT2D eigenvalue weighted by Gasteiger charge is 1.91. The summed E-state index contributed by atoms with van der Waals surface area (Å²) in [6.45, 7) is 0. The molecule has 0 bridgehead atoms. The van der Waals surface area contributed by atoms with E-state index in [0.717, 1.165) is 11.6 Å². The molecule has 0 radical (unpaired) electrons. The third-order valence-corrected chi connectivity index (χ3v) is 1.57. The molecule has 0 heterocycles. The van der Waals surface area contributed by atoms with Crippen LogP contribution in [0.3, 0.4) is 0 Å². The third kappa shape index (κ3) is 12.1. The normalized spacial score (nSPS) is 10.5. The smallest absolute Gasteiger partial charge is 0.328 e. The van der Waals surface area contributed by atoms with Crippen LogP contribution in [0.1, 0.15) is 5.56 Å². The van der Waals surface area contributed by atoms with Crippen LogP contribution in [0.15, 0.2) is 35.3 Å². The van der Waals surface area contributed by atoms with E-state index >= 15 is 0 Å². The van der Waals surface area contributed by atoms with E-state index < -0.39 is 16.1 Å². The van der Waals surface area contributed by atoms with Gasteiger partial charge in [-0.05, 0) is 23.8 Å². The average Bonchev–Trinajstić information content (AvgIpc) is 2.25. The Kier molecular flexibility index (Phi) is 6.97. The van der Waals surface area contributed by atoms with Crippen LogP contribution in [0, 0.1) is 0 Å². The van der Waals surface area contributed by atoms with E-state index in [4.69, 9.17) is 21.1 Å². The molecule has 9 heteroatoms. The lowest BCUT2D eigenvalue weighted by atomic mass is 10.2. The van der Waals surface area contributed by atoms with Gasteiger partial charge in [-0.2, -0.15) is 8.42 Å². The van der Waals surface area contributed by atoms with E-state index in [1.807, 2.05) is 0 Å². The van der Waals surface area contributed by atoms with Gasteiger partial charge in [-0.25, -0.2) is 9.79 Å². The summed E-state index contributed by atoms with van der Waals surface area (Å²) in [5, 5.41) is 8.41. The molecule has 0 saturated carbocycles. The molecule has 0 amide bonds. The second kappa shape index (κ2) is 7.92. The van der Waals surface area contributed by atoms with Crippen molar-refractivity contribution in [3.05, 3.63) is 35.9 Å². The zero-order chi connectivity index (χ0) is 15.8. The SMILES string of the molecule is CS(=O)(=O)O.NC(N)=Nc1ccc(/C=C/C(=O)O)cc1. The maximum atomic E-state index is 10.2. The van der Waals surface area contributed by atoms with Gasteiger partial charge in [0.15, 0.2) is 5.96 Å². The topological polar surface area (TPSA) is 156 Å². The Bertz CT molecular complexity index is 593. The minimum absolute atomic E-state index is 0.0103. The number of rotatable bonds is 3. The zero-order valence-corrected chi connectivity index (χ0v) is 11.4. The van der Waals surface area contributed by atoms with Crippen LogP contribution in [-0.4, -0.2) is 36.3 Å². The summed E-state index contributed by atoms with van der Waals surface area (Å²) in [6, 6.07) is 6.84. The molecule has 0 aliphatic rings. The molecule has 1 aromatic rings. The van der Waals surface area contributed by atoms with Gasteiger partial charge in [0.05, 0.1) is 11.9 Å². The first kappa shape index (κ1) is 17.6. The number of nitrogens with two attached hydrogens (primary N) is 2. The van der Waals surface area contributed by atoms with Gasteiger partial charge in [0.1, 0.15) is 0 Å². The number of hydrogen-bond donors (Lipinski definition) is 4. The Balaban J connectivity index is 0.000000621. The molecular weight excluding hydrogens is 286 g/mol. The first-order chi connectivity index (χ1) is 9.08. The molecule has 0 aromatic heterocycles. The Hall–Kier alpha value is -2.39. The predicted octanol–water partition coefficient (Wildman–Crippen LogP) is 0.193. The van der Waals surface area contributed by atoms with Crippen molar-refractivity contribution in [2.45, 2.75) is 0 Å². The van der Waals surface area contributed by atoms with Crippen molar-refractivity contribution < 1.29 is 22.9 Å². The Morgan fingerprint density at radius 1 is 1.25 bits per heavy atom. The molecule has 8 nitrogen and oxygen atoms in total. The van der Waals surface area contributed by atoms with Crippen LogP contribution in [-0.2, 0) is 14.9 Å². The van der Waals surface area contributed by atoms with Gasteiger partial charge in [0.2, 0.25) is 0 Å². The quantitative estimate of drug-likeness (QED) is 0.269. The highest BCUT2D eigenvalue weighted by Crippen LogP contribution is 2.13. The van der Waals surface area contributed by atoms with Crippen molar-refractivity contribution in [1.82, 2.24) is 0 Å². The summed E-state index contributed by atoms with van der Waals surface area (Å²) >= 11 is 0. The van der Waals surface area contributed by atoms with E-state index in [-0.39, 0.29) is 5.96 Å². The van der Waals surface area contributed by atoms with Gasteiger partial charge in [-0.1, -0.05) is 12.1 Å². The summed E-state index contributed by atoms with van der Waals surface area (Å²) in [7, 11) is -3.67. The Labute approximate surface area is 116 Å². The molecule has 0 saturated heterocycles. The number of nitrogens with zero attached hydrogens (tertiary/aromatic N) is 1. The lowest BCUT2D eigenvalue weighted by Gasteiger charge is -1.96. The largest absolute Gasteiger partial charge is 0.478 e. The maximum absolute atomic E-state index is 10.2. The number of benzene rings is 1. The molecule has 0 aliphatic carbocycles. The summed E-state index contributed by atoms with van der Waals surface area (Å²) in [5.41, 5.74) is 11.8. The summed E-state index contributed by atoms with van der Waals surface area (Å²) in [4.78, 5) is 14.1. The van der Waals surface area contributed by atoms with Crippen molar-refractivity contribution >= 4 is 33.8 Å². The van der Waals surface area contributed by atoms with Gasteiger partial charge in [-0.15, -0.1) is 0 Å². The zero-order valence-electron chi connectivity index (χ0n) is 10.6. The van der Waals surface area contributed by atoms with Crippen LogP contribution < -0.4 is 11.5 Å². The minimum Gasteiger partial charge on any atom is -0.478 e. The molecule has 0 atom stereocenters. The second-order valence-electron chi connectivity index (χ2n) is 3.53. The molecule has 0 aliphatic heterocycles. The van der Waals surface area contributed by atoms with Gasteiger partial charge in [-0.3, -0.25) is 4.55 Å². The molecule has 110 valence electrons. The van der Waals surface area contributed by atoms with Gasteiger partial charge < -0.3 is 16.6 Å². The third-order valence-electron chi connectivity index (χ3n) is 1.57. The fourth-order valence-corrected chi connectivity index (χ4v) is 0.977. The highest BCUT2D eigenvalue weighted by atomic mass is 32.2. The van der Waals surface area contributed by atoms with Gasteiger partial charge in [0.25, 0.3) is 10.1 Å². The number of aliphatic imine (C=N–C) groups is 1. The summed E-state index contributed by atoms with van der Waals surface area (Å²) in [5.74, 6) is -0.993. The molecule has 0 spiro atoms. The van der Waals surface area contributed by atoms with Gasteiger partial charge >= 0.3 is 5.97 Å². The summed E-state index contributed by atoms with van der Waals surface area (Å²) < 4.78 is 25.9. The number of carboxylic acids is 1. The Morgan fingerprint density at radius 2 is 1.70 bits per heavy atom. The van der Waals surface area contributed by atoms with Crippen LogP contribution in [0.25, 0.3) is 6.08 Å². The number of guanidine groups is 1.